The van der Waals surface area contributed by atoms with E-state index in [0.717, 1.165) is 24.0 Å². The lowest BCUT2D eigenvalue weighted by Gasteiger charge is -2.21. The van der Waals surface area contributed by atoms with E-state index in [1.165, 1.54) is 0 Å². The van der Waals surface area contributed by atoms with Crippen LogP contribution in [0.15, 0.2) is 60.7 Å². The Labute approximate surface area is 121 Å². The van der Waals surface area contributed by atoms with Gasteiger partial charge in [-0.3, -0.25) is 4.79 Å². The molecule has 104 valence electrons. The minimum Gasteiger partial charge on any atom is -0.298 e. The lowest BCUT2D eigenvalue weighted by molar-refractivity contribution is -0.122. The van der Waals surface area contributed by atoms with E-state index in [-0.39, 0.29) is 11.8 Å². The molecule has 0 N–H and O–H groups in total. The number of ketones is 1. The molecule has 1 nitrogen and oxygen atoms in total. The van der Waals surface area contributed by atoms with Crippen LogP contribution in [0.25, 0.3) is 0 Å². The lowest BCUT2D eigenvalue weighted by Crippen LogP contribution is -2.20. The summed E-state index contributed by atoms with van der Waals surface area (Å²) in [6, 6.07) is 20.3. The average molecular weight is 266 g/mol. The average Bonchev–Trinajstić information content (AvgIpc) is 2.51. The SMILES string of the molecule is CCC(C(=O)C(CC)c1ccccc1)c1ccccc1. The van der Waals surface area contributed by atoms with Crippen molar-refractivity contribution in [2.45, 2.75) is 38.5 Å². The zero-order chi connectivity index (χ0) is 14.4. The minimum absolute atomic E-state index is 0.00126. The molecule has 0 spiro atoms. The molecule has 0 bridgehead atoms. The molecule has 20 heavy (non-hydrogen) atoms. The molecule has 0 radical (unpaired) electrons. The first-order chi connectivity index (χ1) is 9.77. The lowest BCUT2D eigenvalue weighted by atomic mass is 9.81. The van der Waals surface area contributed by atoms with E-state index in [2.05, 4.69) is 38.1 Å². The van der Waals surface area contributed by atoms with Crippen LogP contribution < -0.4 is 0 Å². The van der Waals surface area contributed by atoms with Crippen molar-refractivity contribution < 1.29 is 4.79 Å². The second kappa shape index (κ2) is 7.04. The van der Waals surface area contributed by atoms with Crippen LogP contribution in [0.1, 0.15) is 49.7 Å². The predicted molar refractivity (Wildman–Crippen MR) is 84.0 cm³/mol. The van der Waals surface area contributed by atoms with Gasteiger partial charge in [0, 0.05) is 11.8 Å². The first kappa shape index (κ1) is 14.5. The highest BCUT2D eigenvalue weighted by Crippen LogP contribution is 2.30. The van der Waals surface area contributed by atoms with Gasteiger partial charge in [-0.2, -0.15) is 0 Å². The summed E-state index contributed by atoms with van der Waals surface area (Å²) in [6.07, 6.45) is 1.71. The largest absolute Gasteiger partial charge is 0.298 e. The van der Waals surface area contributed by atoms with Crippen LogP contribution >= 0.6 is 0 Å². The van der Waals surface area contributed by atoms with Gasteiger partial charge in [-0.1, -0.05) is 74.5 Å². The zero-order valence-corrected chi connectivity index (χ0v) is 12.3. The Hall–Kier alpha value is -1.89. The van der Waals surface area contributed by atoms with Crippen molar-refractivity contribution >= 4 is 5.78 Å². The highest BCUT2D eigenvalue weighted by molar-refractivity contribution is 5.91. The van der Waals surface area contributed by atoms with Crippen molar-refractivity contribution in [3.05, 3.63) is 71.8 Å². The van der Waals surface area contributed by atoms with Gasteiger partial charge in [0.05, 0.1) is 0 Å². The molecule has 0 saturated carbocycles. The van der Waals surface area contributed by atoms with E-state index < -0.39 is 0 Å². The smallest absolute Gasteiger partial charge is 0.147 e. The predicted octanol–water partition coefficient (Wildman–Crippen LogP) is 4.94. The fraction of sp³-hybridized carbons (Fsp3) is 0.316. The van der Waals surface area contributed by atoms with Crippen molar-refractivity contribution in [2.75, 3.05) is 0 Å². The third-order valence-corrected chi connectivity index (χ3v) is 3.91. The highest BCUT2D eigenvalue weighted by atomic mass is 16.1. The van der Waals surface area contributed by atoms with Crippen LogP contribution in [-0.4, -0.2) is 5.78 Å². The third-order valence-electron chi connectivity index (χ3n) is 3.91. The van der Waals surface area contributed by atoms with Gasteiger partial charge in [0.15, 0.2) is 0 Å². The van der Waals surface area contributed by atoms with Gasteiger partial charge < -0.3 is 0 Å². The fourth-order valence-electron chi connectivity index (χ4n) is 2.82. The molecular weight excluding hydrogens is 244 g/mol. The molecule has 0 aliphatic carbocycles. The molecule has 2 aromatic rings. The summed E-state index contributed by atoms with van der Waals surface area (Å²) in [5, 5.41) is 0. The molecule has 0 aliphatic heterocycles. The number of hydrogen-bond donors (Lipinski definition) is 0. The summed E-state index contributed by atoms with van der Waals surface area (Å²) in [4.78, 5) is 12.9. The molecule has 0 aromatic heterocycles. The van der Waals surface area contributed by atoms with Crippen LogP contribution in [0.3, 0.4) is 0 Å². The zero-order valence-electron chi connectivity index (χ0n) is 12.3. The van der Waals surface area contributed by atoms with Gasteiger partial charge in [0.2, 0.25) is 0 Å². The number of benzene rings is 2. The molecule has 2 unspecified atom stereocenters. The molecule has 2 atom stereocenters. The molecule has 2 rings (SSSR count). The summed E-state index contributed by atoms with van der Waals surface area (Å²) in [5.41, 5.74) is 2.27. The Balaban J connectivity index is 2.28. The van der Waals surface area contributed by atoms with E-state index in [1.54, 1.807) is 0 Å². The maximum absolute atomic E-state index is 12.9. The molecule has 2 aromatic carbocycles. The van der Waals surface area contributed by atoms with Crippen molar-refractivity contribution in [3.63, 3.8) is 0 Å². The second-order valence-corrected chi connectivity index (χ2v) is 5.15. The van der Waals surface area contributed by atoms with E-state index >= 15 is 0 Å². The molecule has 0 aliphatic rings. The van der Waals surface area contributed by atoms with E-state index in [0.29, 0.717) is 5.78 Å². The first-order valence-corrected chi connectivity index (χ1v) is 7.41. The van der Waals surface area contributed by atoms with E-state index in [4.69, 9.17) is 0 Å². The monoisotopic (exact) mass is 266 g/mol. The standard InChI is InChI=1S/C19H22O/c1-3-17(15-11-7-5-8-12-15)19(20)18(4-2)16-13-9-6-10-14-16/h5-14,17-18H,3-4H2,1-2H3. The fourth-order valence-corrected chi connectivity index (χ4v) is 2.82. The summed E-state index contributed by atoms with van der Waals surface area (Å²) < 4.78 is 0. The minimum atomic E-state index is 0.00126. The molecule has 0 saturated heterocycles. The van der Waals surface area contributed by atoms with E-state index in [1.807, 2.05) is 36.4 Å². The number of carbonyl (C=O) groups excluding carboxylic acids is 1. The van der Waals surface area contributed by atoms with E-state index in [9.17, 15) is 4.79 Å². The summed E-state index contributed by atoms with van der Waals surface area (Å²) in [7, 11) is 0. The van der Waals surface area contributed by atoms with Crippen molar-refractivity contribution in [3.8, 4) is 0 Å². The van der Waals surface area contributed by atoms with Crippen LogP contribution in [0.5, 0.6) is 0 Å². The third kappa shape index (κ3) is 3.16. The summed E-state index contributed by atoms with van der Waals surface area (Å²) in [6.45, 7) is 4.18. The second-order valence-electron chi connectivity index (χ2n) is 5.15. The first-order valence-electron chi connectivity index (χ1n) is 7.41. The Morgan fingerprint density at radius 2 is 1.10 bits per heavy atom. The summed E-state index contributed by atoms with van der Waals surface area (Å²) in [5.74, 6) is 0.343. The topological polar surface area (TPSA) is 17.1 Å². The maximum Gasteiger partial charge on any atom is 0.147 e. The van der Waals surface area contributed by atoms with Crippen molar-refractivity contribution in [1.82, 2.24) is 0 Å². The number of rotatable bonds is 6. The maximum atomic E-state index is 12.9. The number of hydrogen-bond acceptors (Lipinski definition) is 1. The van der Waals surface area contributed by atoms with Crippen LogP contribution in [0.2, 0.25) is 0 Å². The molecular formula is C19H22O. The normalized spacial score (nSPS) is 13.7. The van der Waals surface area contributed by atoms with Gasteiger partial charge in [0.1, 0.15) is 5.78 Å². The quantitative estimate of drug-likeness (QED) is 0.723. The number of Topliss-reactive ketones (excluding diaryl/α,β-unsaturated/α-hetero) is 1. The van der Waals surface area contributed by atoms with Gasteiger partial charge in [0.25, 0.3) is 0 Å². The van der Waals surface area contributed by atoms with Gasteiger partial charge in [-0.25, -0.2) is 0 Å². The van der Waals surface area contributed by atoms with Crippen molar-refractivity contribution in [1.29, 1.82) is 0 Å². The van der Waals surface area contributed by atoms with Crippen LogP contribution in [0, 0.1) is 0 Å². The Kier molecular flexibility index (Phi) is 5.11. The molecule has 0 fully saturated rings. The van der Waals surface area contributed by atoms with Crippen LogP contribution in [0.4, 0.5) is 0 Å². The highest BCUT2D eigenvalue weighted by Gasteiger charge is 2.26. The van der Waals surface area contributed by atoms with Gasteiger partial charge in [-0.15, -0.1) is 0 Å². The molecule has 0 amide bonds. The Morgan fingerprint density at radius 3 is 1.40 bits per heavy atom. The van der Waals surface area contributed by atoms with Gasteiger partial charge >= 0.3 is 0 Å². The molecule has 0 heterocycles. The van der Waals surface area contributed by atoms with Gasteiger partial charge in [-0.05, 0) is 24.0 Å². The van der Waals surface area contributed by atoms with Crippen molar-refractivity contribution in [2.24, 2.45) is 0 Å². The number of carbonyl (C=O) groups is 1. The molecule has 1 heteroatoms. The Morgan fingerprint density at radius 1 is 0.750 bits per heavy atom. The summed E-state index contributed by atoms with van der Waals surface area (Å²) >= 11 is 0. The van der Waals surface area contributed by atoms with Crippen LogP contribution in [-0.2, 0) is 4.79 Å². The Bertz CT molecular complexity index is 481.